The Bertz CT molecular complexity index is 528. The molecule has 1 aromatic carbocycles. The lowest BCUT2D eigenvalue weighted by Gasteiger charge is -2.14. The van der Waals surface area contributed by atoms with Crippen LogP contribution in [-0.2, 0) is 9.59 Å². The Morgan fingerprint density at radius 3 is 2.52 bits per heavy atom. The number of hydrogen-bond donors (Lipinski definition) is 3. The lowest BCUT2D eigenvalue weighted by molar-refractivity contribution is -0.123. The quantitative estimate of drug-likeness (QED) is 0.556. The molecule has 5 nitrogen and oxygen atoms in total. The van der Waals surface area contributed by atoms with E-state index in [2.05, 4.69) is 17.6 Å². The third-order valence-corrected chi connectivity index (χ3v) is 3.63. The van der Waals surface area contributed by atoms with E-state index in [0.29, 0.717) is 17.8 Å². The van der Waals surface area contributed by atoms with Gasteiger partial charge in [0, 0.05) is 0 Å². The van der Waals surface area contributed by atoms with Crippen molar-refractivity contribution in [3.63, 3.8) is 0 Å². The number of carbonyl (C=O) groups is 2. The van der Waals surface area contributed by atoms with E-state index in [-0.39, 0.29) is 18.2 Å². The summed E-state index contributed by atoms with van der Waals surface area (Å²) in [5.41, 5.74) is 1.89. The summed E-state index contributed by atoms with van der Waals surface area (Å²) in [5.74, 6) is -0.653. The van der Waals surface area contributed by atoms with Crippen molar-refractivity contribution in [2.24, 2.45) is 0 Å². The molecule has 0 bridgehead atoms. The summed E-state index contributed by atoms with van der Waals surface area (Å²) in [7, 11) is 0. The van der Waals surface area contributed by atoms with Crippen molar-refractivity contribution in [2.45, 2.75) is 51.6 Å². The predicted octanol–water partition coefficient (Wildman–Crippen LogP) is 2.97. The highest BCUT2D eigenvalue weighted by Gasteiger charge is 2.19. The molecule has 0 saturated carbocycles. The molecule has 1 aromatic rings. The number of nitrogens with one attached hydrogen (secondary N) is 2. The van der Waals surface area contributed by atoms with Crippen LogP contribution in [0.3, 0.4) is 0 Å². The molecule has 21 heavy (non-hydrogen) atoms. The smallest absolute Gasteiger partial charge is 0.233 e. The molecule has 2 rings (SSSR count). The van der Waals surface area contributed by atoms with Crippen LogP contribution in [-0.4, -0.2) is 16.9 Å². The fourth-order valence-corrected chi connectivity index (χ4v) is 2.45. The molecule has 0 radical (unpaired) electrons. The van der Waals surface area contributed by atoms with E-state index in [4.69, 9.17) is 0 Å². The molecule has 0 aromatic heterocycles. The highest BCUT2D eigenvalue weighted by atomic mass is 16.3. The largest absolute Gasteiger partial charge is 0.388 e. The fraction of sp³-hybridized carbons (Fsp3) is 0.500. The zero-order chi connectivity index (χ0) is 15.2. The Hall–Kier alpha value is -1.88. The Morgan fingerprint density at radius 2 is 1.81 bits per heavy atom. The number of amides is 2. The average molecular weight is 290 g/mol. The van der Waals surface area contributed by atoms with Gasteiger partial charge in [-0.15, -0.1) is 0 Å². The molecule has 1 unspecified atom stereocenters. The molecule has 2 amide bonds. The molecule has 1 atom stereocenters. The SMILES string of the molecule is CCCCCCC(O)c1ccc2c(c1)NC(=O)CC(=O)N2. The lowest BCUT2D eigenvalue weighted by Crippen LogP contribution is -2.16. The minimum Gasteiger partial charge on any atom is -0.388 e. The number of carbonyl (C=O) groups excluding carboxylic acids is 2. The molecule has 3 N–H and O–H groups in total. The number of hydrogen-bond acceptors (Lipinski definition) is 3. The maximum Gasteiger partial charge on any atom is 0.233 e. The molecule has 1 heterocycles. The number of benzene rings is 1. The van der Waals surface area contributed by atoms with E-state index in [1.807, 2.05) is 0 Å². The minimum atomic E-state index is -0.539. The van der Waals surface area contributed by atoms with Gasteiger partial charge in [-0.1, -0.05) is 38.7 Å². The maximum atomic E-state index is 11.5. The number of anilines is 2. The van der Waals surface area contributed by atoms with Crippen molar-refractivity contribution in [3.8, 4) is 0 Å². The molecule has 0 spiro atoms. The summed E-state index contributed by atoms with van der Waals surface area (Å²) in [5, 5.41) is 15.6. The second-order valence-corrected chi connectivity index (χ2v) is 5.44. The van der Waals surface area contributed by atoms with Crippen LogP contribution in [0.2, 0.25) is 0 Å². The third kappa shape index (κ3) is 4.29. The zero-order valence-corrected chi connectivity index (χ0v) is 12.3. The van der Waals surface area contributed by atoms with Gasteiger partial charge < -0.3 is 15.7 Å². The first-order chi connectivity index (χ1) is 10.1. The summed E-state index contributed by atoms with van der Waals surface area (Å²) in [6.45, 7) is 2.15. The first-order valence-electron chi connectivity index (χ1n) is 7.52. The first kappa shape index (κ1) is 15.5. The summed E-state index contributed by atoms with van der Waals surface area (Å²) in [6, 6.07) is 5.26. The molecule has 114 valence electrons. The lowest BCUT2D eigenvalue weighted by atomic mass is 10.0. The predicted molar refractivity (Wildman–Crippen MR) is 82.0 cm³/mol. The highest BCUT2D eigenvalue weighted by molar-refractivity contribution is 6.13. The van der Waals surface area contributed by atoms with Gasteiger partial charge in [0.1, 0.15) is 6.42 Å². The van der Waals surface area contributed by atoms with Gasteiger partial charge in [-0.3, -0.25) is 9.59 Å². The van der Waals surface area contributed by atoms with Crippen LogP contribution in [0.1, 0.15) is 57.1 Å². The van der Waals surface area contributed by atoms with Crippen LogP contribution < -0.4 is 10.6 Å². The monoisotopic (exact) mass is 290 g/mol. The Labute approximate surface area is 124 Å². The van der Waals surface area contributed by atoms with Gasteiger partial charge >= 0.3 is 0 Å². The van der Waals surface area contributed by atoms with Crippen molar-refractivity contribution >= 4 is 23.2 Å². The molecule has 0 saturated heterocycles. The van der Waals surface area contributed by atoms with Gasteiger partial charge in [0.25, 0.3) is 0 Å². The van der Waals surface area contributed by atoms with E-state index in [9.17, 15) is 14.7 Å². The normalized spacial score (nSPS) is 15.7. The molecule has 0 aliphatic carbocycles. The van der Waals surface area contributed by atoms with Crippen LogP contribution in [0.4, 0.5) is 11.4 Å². The molecular weight excluding hydrogens is 268 g/mol. The fourth-order valence-electron chi connectivity index (χ4n) is 2.45. The van der Waals surface area contributed by atoms with Crippen molar-refractivity contribution < 1.29 is 14.7 Å². The summed E-state index contributed by atoms with van der Waals surface area (Å²) < 4.78 is 0. The van der Waals surface area contributed by atoms with Crippen molar-refractivity contribution in [3.05, 3.63) is 23.8 Å². The minimum absolute atomic E-state index is 0.177. The zero-order valence-electron chi connectivity index (χ0n) is 12.3. The van der Waals surface area contributed by atoms with Gasteiger partial charge in [-0.05, 0) is 24.1 Å². The molecular formula is C16H22N2O3. The van der Waals surface area contributed by atoms with E-state index in [0.717, 1.165) is 18.4 Å². The van der Waals surface area contributed by atoms with Crippen LogP contribution in [0, 0.1) is 0 Å². The Morgan fingerprint density at radius 1 is 1.10 bits per heavy atom. The number of fused-ring (bicyclic) bond motifs is 1. The number of aliphatic hydroxyl groups excluding tert-OH is 1. The standard InChI is InChI=1S/C16H22N2O3/c1-2-3-4-5-6-14(19)11-7-8-12-13(9-11)18-16(21)10-15(20)17-12/h7-9,14,19H,2-6,10H2,1H3,(H,17,20)(H,18,21). The second-order valence-electron chi connectivity index (χ2n) is 5.44. The van der Waals surface area contributed by atoms with Crippen LogP contribution in [0.5, 0.6) is 0 Å². The van der Waals surface area contributed by atoms with Gasteiger partial charge in [-0.2, -0.15) is 0 Å². The van der Waals surface area contributed by atoms with Gasteiger partial charge in [0.2, 0.25) is 11.8 Å². The number of rotatable bonds is 6. The van der Waals surface area contributed by atoms with Crippen LogP contribution in [0.25, 0.3) is 0 Å². The third-order valence-electron chi connectivity index (χ3n) is 3.63. The topological polar surface area (TPSA) is 78.4 Å². The molecule has 5 heteroatoms. The Balaban J connectivity index is 2.05. The molecule has 0 fully saturated rings. The average Bonchev–Trinajstić information content (AvgIpc) is 2.58. The van der Waals surface area contributed by atoms with Crippen molar-refractivity contribution in [1.29, 1.82) is 0 Å². The van der Waals surface area contributed by atoms with E-state index in [1.54, 1.807) is 18.2 Å². The summed E-state index contributed by atoms with van der Waals surface area (Å²) >= 11 is 0. The summed E-state index contributed by atoms with van der Waals surface area (Å²) in [6.07, 6.45) is 4.44. The number of aliphatic hydroxyl groups is 1. The van der Waals surface area contributed by atoms with E-state index in [1.165, 1.54) is 12.8 Å². The highest BCUT2D eigenvalue weighted by Crippen LogP contribution is 2.30. The van der Waals surface area contributed by atoms with Gasteiger partial charge in [0.05, 0.1) is 17.5 Å². The molecule has 1 aliphatic heterocycles. The molecule has 1 aliphatic rings. The van der Waals surface area contributed by atoms with E-state index < -0.39 is 6.10 Å². The maximum absolute atomic E-state index is 11.5. The van der Waals surface area contributed by atoms with Crippen molar-refractivity contribution in [2.75, 3.05) is 10.6 Å². The van der Waals surface area contributed by atoms with Gasteiger partial charge in [0.15, 0.2) is 0 Å². The van der Waals surface area contributed by atoms with Crippen LogP contribution >= 0.6 is 0 Å². The van der Waals surface area contributed by atoms with Gasteiger partial charge in [-0.25, -0.2) is 0 Å². The van der Waals surface area contributed by atoms with Crippen LogP contribution in [0.15, 0.2) is 18.2 Å². The Kier molecular flexibility index (Phi) is 5.33. The summed E-state index contributed by atoms with van der Waals surface area (Å²) in [4.78, 5) is 23.0. The van der Waals surface area contributed by atoms with Crippen molar-refractivity contribution in [1.82, 2.24) is 0 Å². The van der Waals surface area contributed by atoms with E-state index >= 15 is 0 Å². The number of unbranched alkanes of at least 4 members (excludes halogenated alkanes) is 3. The first-order valence-corrected chi connectivity index (χ1v) is 7.52. The second kappa shape index (κ2) is 7.22.